The van der Waals surface area contributed by atoms with Crippen molar-refractivity contribution in [2.75, 3.05) is 74.9 Å². The number of imide groups is 1. The number of ether oxygens (including phenoxy) is 1. The van der Waals surface area contributed by atoms with Gasteiger partial charge in [-0.1, -0.05) is 68.5 Å². The Hall–Kier alpha value is -7.30. The van der Waals surface area contributed by atoms with Crippen LogP contribution in [0.5, 0.6) is 11.5 Å². The van der Waals surface area contributed by atoms with Gasteiger partial charge in [0, 0.05) is 97.1 Å². The number of fused-ring (bicyclic) bond motifs is 2. The molecule has 1 atom stereocenters. The van der Waals surface area contributed by atoms with Crippen LogP contribution in [0.2, 0.25) is 5.02 Å². The first-order valence-corrected chi connectivity index (χ1v) is 33.2. The monoisotopic (exact) mass is 1240 g/mol. The molecule has 2 aromatic heterocycles. The molecular formula is C65H75ClN10O9S2. The number of carbonyl (C=O) groups excluding carboxylic acids is 4. The minimum atomic E-state index is -4.61. The molecule has 3 fully saturated rings. The van der Waals surface area contributed by atoms with Gasteiger partial charge in [-0.25, -0.2) is 18.1 Å². The van der Waals surface area contributed by atoms with Crippen molar-refractivity contribution in [3.8, 4) is 11.5 Å². The third kappa shape index (κ3) is 14.8. The number of sulfonamides is 1. The second kappa shape index (κ2) is 27.0. The van der Waals surface area contributed by atoms with Crippen molar-refractivity contribution in [3.05, 3.63) is 146 Å². The van der Waals surface area contributed by atoms with E-state index >= 15 is 0 Å². The van der Waals surface area contributed by atoms with Crippen LogP contribution in [0.1, 0.15) is 123 Å². The number of anilines is 2. The molecule has 87 heavy (non-hydrogen) atoms. The fraction of sp³-hybridized carbons (Fsp3) is 0.431. The van der Waals surface area contributed by atoms with Crippen LogP contribution >= 0.6 is 23.4 Å². The third-order valence-corrected chi connectivity index (χ3v) is 20.5. The van der Waals surface area contributed by atoms with Gasteiger partial charge < -0.3 is 29.7 Å². The number of nitro groups is 1. The molecule has 19 nitrogen and oxygen atoms in total. The summed E-state index contributed by atoms with van der Waals surface area (Å²) in [5.41, 5.74) is 7.09. The summed E-state index contributed by atoms with van der Waals surface area (Å²) in [6.07, 6.45) is 14.4. The zero-order valence-corrected chi connectivity index (χ0v) is 51.7. The number of hydrogen-bond donors (Lipinski definition) is 4. The Balaban J connectivity index is 0.647. The lowest BCUT2D eigenvalue weighted by atomic mass is 9.72. The molecule has 4 aromatic carbocycles. The fourth-order valence-corrected chi connectivity index (χ4v) is 14.9. The van der Waals surface area contributed by atoms with Gasteiger partial charge >= 0.3 is 0 Å². The molecule has 6 aromatic rings. The SMILES string of the molecule is CC1(C)CCC(CN2CCN(c3ccc(C(=O)NS(=O)(=O)c4ccc(NCC5CCN(CCCCCCCSc6cccc7c6CN(C6CCC(=O)NC6=O)C7=O)CC5)c([N+](=O)[O-])c4)c(Oc4cnc5[nH]ccc5c4)c3)CC2)=C(c2ccc(Cl)cc2)C1. The van der Waals surface area contributed by atoms with Crippen LogP contribution in [-0.2, 0) is 26.2 Å². The normalized spacial score (nSPS) is 18.7. The number of hydrogen-bond acceptors (Lipinski definition) is 15. The molecule has 0 spiro atoms. The molecule has 458 valence electrons. The van der Waals surface area contributed by atoms with Gasteiger partial charge in [-0.15, -0.1) is 11.8 Å². The summed E-state index contributed by atoms with van der Waals surface area (Å²) < 4.78 is 36.5. The average molecular weight is 1240 g/mol. The van der Waals surface area contributed by atoms with E-state index in [1.165, 1.54) is 35.0 Å². The Labute approximate surface area is 517 Å². The fourth-order valence-electron chi connectivity index (χ4n) is 12.7. The lowest BCUT2D eigenvalue weighted by Crippen LogP contribution is -2.52. The third-order valence-electron chi connectivity index (χ3n) is 17.7. The van der Waals surface area contributed by atoms with Gasteiger partial charge in [-0.3, -0.25) is 39.5 Å². The molecule has 6 heterocycles. The Morgan fingerprint density at radius 1 is 0.885 bits per heavy atom. The maximum absolute atomic E-state index is 14.2. The van der Waals surface area contributed by atoms with Crippen molar-refractivity contribution in [1.82, 2.24) is 34.7 Å². The van der Waals surface area contributed by atoms with E-state index in [0.29, 0.717) is 49.6 Å². The number of unbranched alkanes of at least 4 members (excludes halogenated alkanes) is 4. The Kier molecular flexibility index (Phi) is 19.0. The Bertz CT molecular complexity index is 3710. The molecule has 3 saturated heterocycles. The summed E-state index contributed by atoms with van der Waals surface area (Å²) in [5.74, 6) is -0.152. The highest BCUT2D eigenvalue weighted by molar-refractivity contribution is 7.99. The number of rotatable bonds is 23. The largest absolute Gasteiger partial charge is 0.455 e. The van der Waals surface area contributed by atoms with Crippen LogP contribution in [-0.4, -0.2) is 132 Å². The van der Waals surface area contributed by atoms with E-state index in [1.54, 1.807) is 47.1 Å². The van der Waals surface area contributed by atoms with E-state index in [9.17, 15) is 37.7 Å². The van der Waals surface area contributed by atoms with E-state index in [0.717, 1.165) is 142 Å². The second-order valence-corrected chi connectivity index (χ2v) is 27.7. The van der Waals surface area contributed by atoms with Crippen LogP contribution in [0, 0.1) is 21.4 Å². The van der Waals surface area contributed by atoms with Gasteiger partial charge in [0.2, 0.25) is 11.8 Å². The minimum absolute atomic E-state index is 0.0460. The Morgan fingerprint density at radius 2 is 1.67 bits per heavy atom. The first kappa shape index (κ1) is 61.4. The molecule has 11 rings (SSSR count). The summed E-state index contributed by atoms with van der Waals surface area (Å²) in [5, 5.41) is 19.6. The van der Waals surface area contributed by atoms with Crippen LogP contribution in [0.15, 0.2) is 119 Å². The topological polar surface area (TPSA) is 233 Å². The van der Waals surface area contributed by atoms with Crippen molar-refractivity contribution in [2.24, 2.45) is 11.3 Å². The van der Waals surface area contributed by atoms with Crippen molar-refractivity contribution >= 4 is 90.7 Å². The van der Waals surface area contributed by atoms with Gasteiger partial charge in [0.25, 0.3) is 27.5 Å². The predicted octanol–water partition coefficient (Wildman–Crippen LogP) is 11.4. The molecule has 0 radical (unpaired) electrons. The molecule has 1 unspecified atom stereocenters. The van der Waals surface area contributed by atoms with E-state index in [-0.39, 0.29) is 46.6 Å². The highest BCUT2D eigenvalue weighted by atomic mass is 35.5. The second-order valence-electron chi connectivity index (χ2n) is 24.4. The zero-order chi connectivity index (χ0) is 60.8. The number of allylic oxidation sites excluding steroid dienone is 1. The van der Waals surface area contributed by atoms with E-state index < -0.39 is 43.4 Å². The van der Waals surface area contributed by atoms with Crippen molar-refractivity contribution in [3.63, 3.8) is 0 Å². The predicted molar refractivity (Wildman–Crippen MR) is 339 cm³/mol. The van der Waals surface area contributed by atoms with E-state index in [4.69, 9.17) is 16.3 Å². The quantitative estimate of drug-likeness (QED) is 0.0154. The minimum Gasteiger partial charge on any atom is -0.455 e. The number of thioether (sulfide) groups is 1. The number of aromatic nitrogens is 2. The Morgan fingerprint density at radius 3 is 2.45 bits per heavy atom. The average Bonchev–Trinajstić information content (AvgIpc) is 2.20. The van der Waals surface area contributed by atoms with Gasteiger partial charge in [-0.05, 0) is 165 Å². The highest BCUT2D eigenvalue weighted by Gasteiger charge is 2.40. The number of amides is 4. The number of nitro benzene ring substituents is 1. The summed E-state index contributed by atoms with van der Waals surface area (Å²) in [7, 11) is -4.61. The summed E-state index contributed by atoms with van der Waals surface area (Å²) in [6.45, 7) is 12.3. The first-order chi connectivity index (χ1) is 41.9. The van der Waals surface area contributed by atoms with Crippen LogP contribution < -0.4 is 25.0 Å². The van der Waals surface area contributed by atoms with Crippen LogP contribution in [0.4, 0.5) is 17.1 Å². The zero-order valence-electron chi connectivity index (χ0n) is 49.3. The van der Waals surface area contributed by atoms with Crippen molar-refractivity contribution in [1.29, 1.82) is 0 Å². The van der Waals surface area contributed by atoms with Gasteiger partial charge in [-0.2, -0.15) is 0 Å². The number of carbonyl (C=O) groups is 4. The number of H-pyrrole nitrogens is 1. The van der Waals surface area contributed by atoms with Gasteiger partial charge in [0.1, 0.15) is 28.9 Å². The molecule has 22 heteroatoms. The molecule has 4 amide bonds. The molecular weight excluding hydrogens is 1160 g/mol. The van der Waals surface area contributed by atoms with Crippen LogP contribution in [0.25, 0.3) is 16.6 Å². The smallest absolute Gasteiger partial charge is 0.293 e. The van der Waals surface area contributed by atoms with Crippen molar-refractivity contribution in [2.45, 2.75) is 113 Å². The maximum atomic E-state index is 14.2. The number of pyridine rings is 1. The van der Waals surface area contributed by atoms with Gasteiger partial charge in [0.15, 0.2) is 0 Å². The standard InChI is InChI=1S/C65H75ClN10O9S2/c1-65(2)25-21-46(53(38-65)44-11-13-47(66)14-12-44)41-73-30-32-74(33-31-73)48-15-17-52(58(36-48)85-49-35-45-22-26-67-61(45)69-40-49)62(78)71-87(83,84)50-16-18-55(57(37-50)76(81)82)68-39-43-23-28-72(29-24-43)27-6-4-3-5-7-34-86-59-10-8-9-51-54(59)42-75(64(51)80)56-19-20-60(77)70-63(56)79/h8-18,22,26,35-37,40,43,56,68H,3-7,19-21,23-25,27-34,38-39,41-42H2,1-2H3,(H,67,69)(H,71,78)(H,70,77,79). The number of piperazine rings is 1. The number of likely N-dealkylation sites (tertiary alicyclic amines) is 1. The van der Waals surface area contributed by atoms with E-state index in [1.807, 2.05) is 36.4 Å². The van der Waals surface area contributed by atoms with Crippen LogP contribution in [0.3, 0.4) is 0 Å². The molecule has 4 aliphatic heterocycles. The van der Waals surface area contributed by atoms with Gasteiger partial charge in [0.05, 0.1) is 21.6 Å². The lowest BCUT2D eigenvalue weighted by molar-refractivity contribution is -0.384. The molecule has 5 aliphatic rings. The number of nitrogens with zero attached hydrogens (tertiary/aromatic N) is 6. The number of piperidine rings is 2. The van der Waals surface area contributed by atoms with E-state index in [2.05, 4.69) is 66.0 Å². The number of halogens is 1. The number of nitrogens with one attached hydrogen (secondary N) is 4. The molecule has 1 aliphatic carbocycles. The number of benzene rings is 4. The van der Waals surface area contributed by atoms with Crippen molar-refractivity contribution < 1.29 is 37.3 Å². The maximum Gasteiger partial charge on any atom is 0.293 e. The number of aromatic amines is 1. The molecule has 4 N–H and O–H groups in total. The highest BCUT2D eigenvalue weighted by Crippen LogP contribution is 2.44. The summed E-state index contributed by atoms with van der Waals surface area (Å²) in [4.78, 5) is 80.4. The molecule has 0 bridgehead atoms. The summed E-state index contributed by atoms with van der Waals surface area (Å²) in [6, 6.07) is 25.7. The molecule has 0 saturated carbocycles. The lowest BCUT2D eigenvalue weighted by Gasteiger charge is -2.39. The summed E-state index contributed by atoms with van der Waals surface area (Å²) >= 11 is 8.03. The first-order valence-electron chi connectivity index (χ1n) is 30.3.